The molecule has 9 heteroatoms. The molecule has 0 bridgehead atoms. The van der Waals surface area contributed by atoms with E-state index in [1.165, 1.54) is 37.5 Å². The molecule has 156 valence electrons. The van der Waals surface area contributed by atoms with E-state index in [1.54, 1.807) is 18.2 Å². The van der Waals surface area contributed by atoms with Gasteiger partial charge in [-0.2, -0.15) is 0 Å². The molecular formula is C22H16N2O6S. The number of nitrogens with one attached hydrogen (secondary N) is 1. The van der Waals surface area contributed by atoms with Crippen molar-refractivity contribution in [3.05, 3.63) is 59.2 Å². The van der Waals surface area contributed by atoms with Gasteiger partial charge in [0.25, 0.3) is 11.8 Å². The van der Waals surface area contributed by atoms with Crippen molar-refractivity contribution in [1.29, 1.82) is 0 Å². The highest BCUT2D eigenvalue weighted by atomic mass is 32.1. The maximum absolute atomic E-state index is 13.1. The molecule has 1 aliphatic rings. The summed E-state index contributed by atoms with van der Waals surface area (Å²) in [5.41, 5.74) is 0.503. The Bertz CT molecular complexity index is 1160. The van der Waals surface area contributed by atoms with Crippen molar-refractivity contribution < 1.29 is 29.0 Å². The van der Waals surface area contributed by atoms with Gasteiger partial charge in [-0.3, -0.25) is 19.8 Å². The number of aromatic carboxylic acids is 1. The summed E-state index contributed by atoms with van der Waals surface area (Å²) in [6, 6.07) is 10.5. The van der Waals surface area contributed by atoms with Crippen molar-refractivity contribution in [2.45, 2.75) is 0 Å². The Morgan fingerprint density at radius 2 is 2.03 bits per heavy atom. The van der Waals surface area contributed by atoms with Crippen LogP contribution in [0.3, 0.4) is 0 Å². The van der Waals surface area contributed by atoms with Crippen LogP contribution in [0.1, 0.15) is 15.9 Å². The normalized spacial score (nSPS) is 14.8. The number of carboxylic acids is 1. The summed E-state index contributed by atoms with van der Waals surface area (Å²) in [7, 11) is 1.45. The zero-order valence-corrected chi connectivity index (χ0v) is 17.1. The summed E-state index contributed by atoms with van der Waals surface area (Å²) in [5, 5.41) is 11.5. The number of terminal acetylenes is 1. The molecule has 0 unspecified atom stereocenters. The molecule has 0 aromatic heterocycles. The highest BCUT2D eigenvalue weighted by molar-refractivity contribution is 7.80. The second kappa shape index (κ2) is 9.11. The van der Waals surface area contributed by atoms with E-state index >= 15 is 0 Å². The molecule has 1 fully saturated rings. The van der Waals surface area contributed by atoms with Gasteiger partial charge in [0.05, 0.1) is 18.4 Å². The second-order valence-corrected chi connectivity index (χ2v) is 6.60. The molecule has 0 radical (unpaired) electrons. The average Bonchev–Trinajstić information content (AvgIpc) is 2.75. The highest BCUT2D eigenvalue weighted by Crippen LogP contribution is 2.30. The number of methoxy groups -OCH3 is 1. The van der Waals surface area contributed by atoms with Gasteiger partial charge in [0.15, 0.2) is 16.6 Å². The van der Waals surface area contributed by atoms with Crippen molar-refractivity contribution in [2.24, 2.45) is 0 Å². The summed E-state index contributed by atoms with van der Waals surface area (Å²) >= 11 is 5.13. The first-order valence-electron chi connectivity index (χ1n) is 8.85. The SMILES string of the molecule is C#CCOc1ccc(C=C2C(=O)NC(=S)N(c3cccc(C(=O)O)c3)C2=O)cc1OC. The summed E-state index contributed by atoms with van der Waals surface area (Å²) in [6.45, 7) is 0.0551. The fraction of sp³-hybridized carbons (Fsp3) is 0.0909. The Labute approximate surface area is 183 Å². The average molecular weight is 436 g/mol. The van der Waals surface area contributed by atoms with Gasteiger partial charge in [-0.15, -0.1) is 6.42 Å². The van der Waals surface area contributed by atoms with Gasteiger partial charge in [-0.05, 0) is 54.2 Å². The predicted octanol–water partition coefficient (Wildman–Crippen LogP) is 2.24. The van der Waals surface area contributed by atoms with E-state index in [9.17, 15) is 19.5 Å². The summed E-state index contributed by atoms with van der Waals surface area (Å²) in [6.07, 6.45) is 6.57. The van der Waals surface area contributed by atoms with E-state index in [4.69, 9.17) is 28.1 Å². The first-order chi connectivity index (χ1) is 14.8. The summed E-state index contributed by atoms with van der Waals surface area (Å²) in [5.74, 6) is 0.614. The van der Waals surface area contributed by atoms with E-state index in [2.05, 4.69) is 11.2 Å². The number of ether oxygens (including phenoxy) is 2. The lowest BCUT2D eigenvalue weighted by molar-refractivity contribution is -0.122. The number of carboxylic acid groups (broad SMARTS) is 1. The Hall–Kier alpha value is -4.16. The third kappa shape index (κ3) is 4.55. The summed E-state index contributed by atoms with van der Waals surface area (Å²) < 4.78 is 10.7. The van der Waals surface area contributed by atoms with Gasteiger partial charge in [0.1, 0.15) is 12.2 Å². The van der Waals surface area contributed by atoms with Crippen LogP contribution in [0.2, 0.25) is 0 Å². The van der Waals surface area contributed by atoms with Gasteiger partial charge >= 0.3 is 5.97 Å². The Kier molecular flexibility index (Phi) is 6.33. The van der Waals surface area contributed by atoms with Crippen LogP contribution in [0.15, 0.2) is 48.0 Å². The molecule has 2 N–H and O–H groups in total. The molecule has 0 spiro atoms. The van der Waals surface area contributed by atoms with Gasteiger partial charge < -0.3 is 14.6 Å². The Balaban J connectivity index is 1.98. The number of carbonyl (C=O) groups is 3. The van der Waals surface area contributed by atoms with E-state index in [-0.39, 0.29) is 28.5 Å². The molecular weight excluding hydrogens is 420 g/mol. The lowest BCUT2D eigenvalue weighted by Crippen LogP contribution is -2.54. The molecule has 1 aliphatic heterocycles. The molecule has 0 saturated carbocycles. The number of amides is 2. The Morgan fingerprint density at radius 3 is 2.71 bits per heavy atom. The van der Waals surface area contributed by atoms with Crippen LogP contribution >= 0.6 is 12.2 Å². The minimum Gasteiger partial charge on any atom is -0.493 e. The van der Waals surface area contributed by atoms with Crippen LogP contribution in [0, 0.1) is 12.3 Å². The first kappa shape index (κ1) is 21.5. The molecule has 2 aromatic carbocycles. The van der Waals surface area contributed by atoms with Gasteiger partial charge in [-0.25, -0.2) is 4.79 Å². The van der Waals surface area contributed by atoms with Crippen molar-refractivity contribution in [2.75, 3.05) is 18.6 Å². The number of benzene rings is 2. The molecule has 3 rings (SSSR count). The van der Waals surface area contributed by atoms with Crippen LogP contribution in [-0.2, 0) is 9.59 Å². The fourth-order valence-electron chi connectivity index (χ4n) is 2.85. The fourth-order valence-corrected chi connectivity index (χ4v) is 3.13. The quantitative estimate of drug-likeness (QED) is 0.310. The van der Waals surface area contributed by atoms with Crippen LogP contribution in [-0.4, -0.2) is 41.7 Å². The van der Waals surface area contributed by atoms with Crippen LogP contribution < -0.4 is 19.7 Å². The minimum atomic E-state index is -1.16. The number of anilines is 1. The maximum atomic E-state index is 13.1. The van der Waals surface area contributed by atoms with Gasteiger partial charge in [0.2, 0.25) is 0 Å². The first-order valence-corrected chi connectivity index (χ1v) is 9.25. The van der Waals surface area contributed by atoms with Gasteiger partial charge in [0, 0.05) is 0 Å². The third-order valence-electron chi connectivity index (χ3n) is 4.26. The molecule has 1 heterocycles. The lowest BCUT2D eigenvalue weighted by atomic mass is 10.1. The minimum absolute atomic E-state index is 0.0252. The zero-order chi connectivity index (χ0) is 22.5. The van der Waals surface area contributed by atoms with Crippen molar-refractivity contribution >= 4 is 46.9 Å². The van der Waals surface area contributed by atoms with E-state index < -0.39 is 17.8 Å². The van der Waals surface area contributed by atoms with Crippen molar-refractivity contribution in [3.63, 3.8) is 0 Å². The molecule has 2 amide bonds. The number of hydrogen-bond acceptors (Lipinski definition) is 6. The zero-order valence-electron chi connectivity index (χ0n) is 16.2. The second-order valence-electron chi connectivity index (χ2n) is 6.22. The predicted molar refractivity (Wildman–Crippen MR) is 117 cm³/mol. The van der Waals surface area contributed by atoms with E-state index in [0.29, 0.717) is 17.1 Å². The highest BCUT2D eigenvalue weighted by Gasteiger charge is 2.34. The number of thiocarbonyl (C=S) groups is 1. The van der Waals surface area contributed by atoms with E-state index in [0.717, 1.165) is 4.90 Å². The van der Waals surface area contributed by atoms with Crippen LogP contribution in [0.25, 0.3) is 6.08 Å². The van der Waals surface area contributed by atoms with E-state index in [1.807, 2.05) is 0 Å². The molecule has 8 nitrogen and oxygen atoms in total. The number of nitrogens with zero attached hydrogens (tertiary/aromatic N) is 1. The van der Waals surface area contributed by atoms with Gasteiger partial charge in [-0.1, -0.05) is 18.1 Å². The number of rotatable bonds is 6. The standard InChI is InChI=1S/C22H16N2O6S/c1-3-9-30-17-8-7-13(11-18(17)29-2)10-16-19(25)23-22(31)24(20(16)26)15-6-4-5-14(12-15)21(27)28/h1,4-8,10-12H,9H2,2H3,(H,27,28)(H,23,25,31). The number of carbonyl (C=O) groups excluding carboxylic acids is 2. The molecule has 0 aliphatic carbocycles. The largest absolute Gasteiger partial charge is 0.493 e. The monoisotopic (exact) mass is 436 g/mol. The number of hydrogen-bond donors (Lipinski definition) is 2. The van der Waals surface area contributed by atoms with Crippen LogP contribution in [0.4, 0.5) is 5.69 Å². The van der Waals surface area contributed by atoms with Crippen molar-refractivity contribution in [1.82, 2.24) is 5.32 Å². The topological polar surface area (TPSA) is 105 Å². The van der Waals surface area contributed by atoms with Crippen molar-refractivity contribution in [3.8, 4) is 23.8 Å². The lowest BCUT2D eigenvalue weighted by Gasteiger charge is -2.29. The van der Waals surface area contributed by atoms with Crippen LogP contribution in [0.5, 0.6) is 11.5 Å². The maximum Gasteiger partial charge on any atom is 0.335 e. The molecule has 2 aromatic rings. The smallest absolute Gasteiger partial charge is 0.335 e. The Morgan fingerprint density at radius 1 is 1.26 bits per heavy atom. The third-order valence-corrected chi connectivity index (χ3v) is 4.55. The molecule has 0 atom stereocenters. The summed E-state index contributed by atoms with van der Waals surface area (Å²) in [4.78, 5) is 37.9. The molecule has 1 saturated heterocycles. The molecule has 31 heavy (non-hydrogen) atoms.